The molecule has 0 aliphatic carbocycles. The van der Waals surface area contributed by atoms with Gasteiger partial charge in [-0.2, -0.15) is 0 Å². The molecule has 0 aliphatic heterocycles. The number of amides is 2. The Morgan fingerprint density at radius 1 is 1.63 bits per heavy atom. The Balaban J connectivity index is 2.56. The van der Waals surface area contributed by atoms with Gasteiger partial charge in [0.2, 0.25) is 0 Å². The number of rotatable bonds is 6. The Hall–Kier alpha value is -1.53. The zero-order chi connectivity index (χ0) is 14.4. The van der Waals surface area contributed by atoms with Crippen molar-refractivity contribution in [2.75, 3.05) is 7.05 Å². The average molecular weight is 303 g/mol. The van der Waals surface area contributed by atoms with Crippen LogP contribution in [0.25, 0.3) is 0 Å². The van der Waals surface area contributed by atoms with E-state index in [4.69, 9.17) is 16.7 Å². The number of urea groups is 1. The number of nitrogens with one attached hydrogen (secondary N) is 1. The highest BCUT2D eigenvalue weighted by Gasteiger charge is 2.20. The molecule has 1 unspecified atom stereocenters. The molecule has 0 radical (unpaired) electrons. The highest BCUT2D eigenvalue weighted by Crippen LogP contribution is 2.22. The molecule has 0 spiro atoms. The third kappa shape index (κ3) is 4.92. The fourth-order valence-electron chi connectivity index (χ4n) is 1.39. The number of halogens is 1. The Kier molecular flexibility index (Phi) is 5.85. The zero-order valence-electron chi connectivity index (χ0n) is 10.4. The number of thiophene rings is 1. The van der Waals surface area contributed by atoms with Gasteiger partial charge in [-0.25, -0.2) is 9.59 Å². The molecule has 0 aromatic carbocycles. The molecule has 1 aromatic rings. The van der Waals surface area contributed by atoms with Crippen LogP contribution in [-0.4, -0.2) is 35.1 Å². The second-order valence-corrected chi connectivity index (χ2v) is 5.73. The predicted molar refractivity (Wildman–Crippen MR) is 75.6 cm³/mol. The monoisotopic (exact) mass is 302 g/mol. The number of carboxylic acid groups (broad SMARTS) is 1. The van der Waals surface area contributed by atoms with E-state index in [2.05, 4.69) is 11.9 Å². The van der Waals surface area contributed by atoms with Gasteiger partial charge in [0, 0.05) is 11.9 Å². The standard InChI is InChI=1S/C12H15ClN2O3S/c1-3-4-9(11(16)17)14-12(18)15(2)7-8-5-6-10(13)19-8/h3,5-6,9H,1,4,7H2,2H3,(H,14,18)(H,16,17). The van der Waals surface area contributed by atoms with E-state index in [1.807, 2.05) is 6.07 Å². The first kappa shape index (κ1) is 15.5. The Morgan fingerprint density at radius 2 is 2.32 bits per heavy atom. The van der Waals surface area contributed by atoms with Crippen LogP contribution < -0.4 is 5.32 Å². The van der Waals surface area contributed by atoms with E-state index in [9.17, 15) is 9.59 Å². The van der Waals surface area contributed by atoms with Crippen molar-refractivity contribution in [2.24, 2.45) is 0 Å². The molecule has 104 valence electrons. The maximum absolute atomic E-state index is 11.8. The van der Waals surface area contributed by atoms with Crippen molar-refractivity contribution in [3.05, 3.63) is 34.0 Å². The van der Waals surface area contributed by atoms with Crippen molar-refractivity contribution >= 4 is 34.9 Å². The lowest BCUT2D eigenvalue weighted by atomic mass is 10.2. The summed E-state index contributed by atoms with van der Waals surface area (Å²) >= 11 is 7.18. The van der Waals surface area contributed by atoms with E-state index < -0.39 is 18.0 Å². The first-order valence-electron chi connectivity index (χ1n) is 5.53. The van der Waals surface area contributed by atoms with E-state index in [0.717, 1.165) is 4.88 Å². The average Bonchev–Trinajstić information content (AvgIpc) is 2.73. The second kappa shape index (κ2) is 7.16. The topological polar surface area (TPSA) is 69.6 Å². The van der Waals surface area contributed by atoms with Crippen LogP contribution in [0.2, 0.25) is 4.34 Å². The molecule has 5 nitrogen and oxygen atoms in total. The van der Waals surface area contributed by atoms with Gasteiger partial charge in [0.15, 0.2) is 0 Å². The molecule has 19 heavy (non-hydrogen) atoms. The van der Waals surface area contributed by atoms with Gasteiger partial charge in [-0.15, -0.1) is 17.9 Å². The van der Waals surface area contributed by atoms with Gasteiger partial charge in [-0.05, 0) is 18.6 Å². The molecule has 0 aliphatic rings. The SMILES string of the molecule is C=CCC(NC(=O)N(C)Cc1ccc(Cl)s1)C(=O)O. The molecule has 2 amide bonds. The molecular formula is C12H15ClN2O3S. The van der Waals surface area contributed by atoms with E-state index in [1.54, 1.807) is 13.1 Å². The van der Waals surface area contributed by atoms with Crippen LogP contribution in [0.4, 0.5) is 4.79 Å². The quantitative estimate of drug-likeness (QED) is 0.794. The Bertz CT molecular complexity index is 475. The fourth-order valence-corrected chi connectivity index (χ4v) is 2.53. The molecule has 1 heterocycles. The minimum absolute atomic E-state index is 0.180. The molecule has 1 atom stereocenters. The maximum atomic E-state index is 11.8. The van der Waals surface area contributed by atoms with Crippen LogP contribution in [0.5, 0.6) is 0 Å². The normalized spacial score (nSPS) is 11.7. The van der Waals surface area contributed by atoms with Gasteiger partial charge in [-0.3, -0.25) is 0 Å². The summed E-state index contributed by atoms with van der Waals surface area (Å²) in [7, 11) is 1.59. The number of nitrogens with zero attached hydrogens (tertiary/aromatic N) is 1. The molecule has 0 fully saturated rings. The predicted octanol–water partition coefficient (Wildman–Crippen LogP) is 2.57. The molecule has 1 aromatic heterocycles. The molecule has 7 heteroatoms. The van der Waals surface area contributed by atoms with E-state index in [-0.39, 0.29) is 6.42 Å². The van der Waals surface area contributed by atoms with E-state index in [0.29, 0.717) is 10.9 Å². The van der Waals surface area contributed by atoms with Crippen LogP contribution in [0, 0.1) is 0 Å². The molecule has 2 N–H and O–H groups in total. The minimum atomic E-state index is -1.08. The summed E-state index contributed by atoms with van der Waals surface area (Å²) in [5, 5.41) is 11.4. The fraction of sp³-hybridized carbons (Fsp3) is 0.333. The molecule has 0 saturated carbocycles. The van der Waals surface area contributed by atoms with Crippen LogP contribution in [-0.2, 0) is 11.3 Å². The molecular weight excluding hydrogens is 288 g/mol. The first-order chi connectivity index (χ1) is 8.93. The van der Waals surface area contributed by atoms with E-state index >= 15 is 0 Å². The van der Waals surface area contributed by atoms with Crippen molar-refractivity contribution in [3.8, 4) is 0 Å². The number of aliphatic carboxylic acids is 1. The Labute approximate surface area is 120 Å². The summed E-state index contributed by atoms with van der Waals surface area (Å²) in [4.78, 5) is 25.1. The third-order valence-electron chi connectivity index (χ3n) is 2.37. The third-order valence-corrected chi connectivity index (χ3v) is 3.58. The van der Waals surface area contributed by atoms with Crippen molar-refractivity contribution < 1.29 is 14.7 Å². The van der Waals surface area contributed by atoms with Crippen molar-refractivity contribution in [3.63, 3.8) is 0 Å². The van der Waals surface area contributed by atoms with Gasteiger partial charge in [0.1, 0.15) is 6.04 Å². The maximum Gasteiger partial charge on any atom is 0.326 e. The second-order valence-electron chi connectivity index (χ2n) is 3.93. The van der Waals surface area contributed by atoms with Gasteiger partial charge in [-0.1, -0.05) is 17.7 Å². The van der Waals surface area contributed by atoms with Crippen LogP contribution >= 0.6 is 22.9 Å². The number of carboxylic acids is 1. The lowest BCUT2D eigenvalue weighted by Crippen LogP contribution is -2.46. The smallest absolute Gasteiger partial charge is 0.326 e. The van der Waals surface area contributed by atoms with Crippen LogP contribution in [0.15, 0.2) is 24.8 Å². The summed E-state index contributed by atoms with van der Waals surface area (Å²) < 4.78 is 0.652. The first-order valence-corrected chi connectivity index (χ1v) is 6.73. The summed E-state index contributed by atoms with van der Waals surface area (Å²) in [6, 6.07) is 2.18. The number of carbonyl (C=O) groups is 2. The minimum Gasteiger partial charge on any atom is -0.480 e. The van der Waals surface area contributed by atoms with Crippen molar-refractivity contribution in [1.29, 1.82) is 0 Å². The lowest BCUT2D eigenvalue weighted by Gasteiger charge is -2.20. The van der Waals surface area contributed by atoms with E-state index in [1.165, 1.54) is 22.3 Å². The number of carbonyl (C=O) groups excluding carboxylic acids is 1. The van der Waals surface area contributed by atoms with Crippen molar-refractivity contribution in [2.45, 2.75) is 19.0 Å². The van der Waals surface area contributed by atoms with Gasteiger partial charge < -0.3 is 15.3 Å². The molecule has 0 saturated heterocycles. The Morgan fingerprint density at radius 3 is 2.79 bits per heavy atom. The zero-order valence-corrected chi connectivity index (χ0v) is 12.0. The summed E-state index contributed by atoms with van der Waals surface area (Å²) in [6.07, 6.45) is 1.64. The highest BCUT2D eigenvalue weighted by atomic mass is 35.5. The largest absolute Gasteiger partial charge is 0.480 e. The lowest BCUT2D eigenvalue weighted by molar-refractivity contribution is -0.139. The van der Waals surface area contributed by atoms with Crippen LogP contribution in [0.3, 0.4) is 0 Å². The molecule has 1 rings (SSSR count). The summed E-state index contributed by atoms with van der Waals surface area (Å²) in [5.41, 5.74) is 0. The van der Waals surface area contributed by atoms with Crippen LogP contribution in [0.1, 0.15) is 11.3 Å². The van der Waals surface area contributed by atoms with Gasteiger partial charge in [0.05, 0.1) is 10.9 Å². The van der Waals surface area contributed by atoms with Crippen molar-refractivity contribution in [1.82, 2.24) is 10.2 Å². The van der Waals surface area contributed by atoms with Gasteiger partial charge >= 0.3 is 12.0 Å². The summed E-state index contributed by atoms with van der Waals surface area (Å²) in [5.74, 6) is -1.08. The van der Waals surface area contributed by atoms with Gasteiger partial charge in [0.25, 0.3) is 0 Å². The molecule has 0 bridgehead atoms. The number of hydrogen-bond acceptors (Lipinski definition) is 3. The highest BCUT2D eigenvalue weighted by molar-refractivity contribution is 7.16. The number of hydrogen-bond donors (Lipinski definition) is 2. The summed E-state index contributed by atoms with van der Waals surface area (Å²) in [6.45, 7) is 3.84.